The van der Waals surface area contributed by atoms with Crippen molar-refractivity contribution in [3.8, 4) is 0 Å². The number of hydrogen-bond donors (Lipinski definition) is 0. The minimum Gasteiger partial charge on any atom is -0.377 e. The molecule has 0 bridgehead atoms. The van der Waals surface area contributed by atoms with Crippen molar-refractivity contribution in [1.29, 1.82) is 0 Å². The third-order valence-corrected chi connectivity index (χ3v) is 2.78. The molecule has 0 radical (unpaired) electrons. The predicted octanol–water partition coefficient (Wildman–Crippen LogP) is 4.40. The number of halogens is 1. The summed E-state index contributed by atoms with van der Waals surface area (Å²) in [6.45, 7) is 6.09. The lowest BCUT2D eigenvalue weighted by atomic mass is 10.1. The summed E-state index contributed by atoms with van der Waals surface area (Å²) < 4.78 is 6.71. The number of ether oxygens (including phenoxy) is 1. The van der Waals surface area contributed by atoms with Crippen LogP contribution >= 0.6 is 15.9 Å². The minimum atomic E-state index is 0.728. The van der Waals surface area contributed by atoms with Gasteiger partial charge in [-0.1, -0.05) is 41.9 Å². The largest absolute Gasteiger partial charge is 0.377 e. The maximum absolute atomic E-state index is 5.59. The topological polar surface area (TPSA) is 9.23 Å². The van der Waals surface area contributed by atoms with Gasteiger partial charge in [0.15, 0.2) is 0 Å². The summed E-state index contributed by atoms with van der Waals surface area (Å²) in [5, 5.41) is 0. The van der Waals surface area contributed by atoms with Gasteiger partial charge in [-0.25, -0.2) is 0 Å². The number of benzene rings is 1. The summed E-state index contributed by atoms with van der Waals surface area (Å²) in [6, 6.07) is 8.28. The minimum absolute atomic E-state index is 0.728. The normalized spacial score (nSPS) is 10.9. The highest BCUT2D eigenvalue weighted by Crippen LogP contribution is 2.11. The van der Waals surface area contributed by atoms with Gasteiger partial charge in [-0.3, -0.25) is 0 Å². The van der Waals surface area contributed by atoms with Gasteiger partial charge in [0.05, 0.1) is 6.61 Å². The molecular formula is C13H19BrO. The first-order chi connectivity index (χ1) is 7.18. The Morgan fingerprint density at radius 3 is 2.47 bits per heavy atom. The molecule has 0 saturated heterocycles. The maximum atomic E-state index is 5.59. The van der Waals surface area contributed by atoms with Crippen LogP contribution in [-0.4, -0.2) is 6.61 Å². The fraction of sp³-hybridized carbons (Fsp3) is 0.538. The number of rotatable bonds is 6. The standard InChI is InChI=1S/C13H19BrO/c1-11(2)4-3-9-15-10-12-5-7-13(14)8-6-12/h5-8,11H,3-4,9-10H2,1-2H3. The lowest BCUT2D eigenvalue weighted by molar-refractivity contribution is 0.115. The quantitative estimate of drug-likeness (QED) is 0.697. The Kier molecular flexibility index (Phi) is 5.96. The van der Waals surface area contributed by atoms with Crippen LogP contribution in [0.3, 0.4) is 0 Å². The summed E-state index contributed by atoms with van der Waals surface area (Å²) in [4.78, 5) is 0. The van der Waals surface area contributed by atoms with Gasteiger partial charge in [-0.15, -0.1) is 0 Å². The van der Waals surface area contributed by atoms with Crippen molar-refractivity contribution in [3.05, 3.63) is 34.3 Å². The third-order valence-electron chi connectivity index (χ3n) is 2.25. The second kappa shape index (κ2) is 7.02. The average Bonchev–Trinajstić information content (AvgIpc) is 2.20. The zero-order valence-corrected chi connectivity index (χ0v) is 11.1. The van der Waals surface area contributed by atoms with Crippen molar-refractivity contribution < 1.29 is 4.74 Å². The Morgan fingerprint density at radius 2 is 1.87 bits per heavy atom. The van der Waals surface area contributed by atoms with Gasteiger partial charge in [-0.05, 0) is 36.5 Å². The van der Waals surface area contributed by atoms with Crippen LogP contribution in [0.4, 0.5) is 0 Å². The average molecular weight is 271 g/mol. The molecule has 0 spiro atoms. The van der Waals surface area contributed by atoms with E-state index in [1.165, 1.54) is 12.0 Å². The van der Waals surface area contributed by atoms with E-state index >= 15 is 0 Å². The molecule has 84 valence electrons. The molecule has 0 N–H and O–H groups in total. The van der Waals surface area contributed by atoms with E-state index < -0.39 is 0 Å². The zero-order chi connectivity index (χ0) is 11.1. The van der Waals surface area contributed by atoms with E-state index in [-0.39, 0.29) is 0 Å². The van der Waals surface area contributed by atoms with Crippen molar-refractivity contribution in [1.82, 2.24) is 0 Å². The van der Waals surface area contributed by atoms with Crippen LogP contribution in [0.1, 0.15) is 32.3 Å². The molecule has 0 unspecified atom stereocenters. The Bertz CT molecular complexity index is 266. The van der Waals surface area contributed by atoms with Gasteiger partial charge < -0.3 is 4.74 Å². The molecule has 0 amide bonds. The van der Waals surface area contributed by atoms with E-state index in [2.05, 4.69) is 41.9 Å². The van der Waals surface area contributed by atoms with E-state index in [0.29, 0.717) is 0 Å². The lowest BCUT2D eigenvalue weighted by Gasteiger charge is -2.06. The Balaban J connectivity index is 2.12. The van der Waals surface area contributed by atoms with E-state index in [4.69, 9.17) is 4.74 Å². The fourth-order valence-electron chi connectivity index (χ4n) is 1.36. The molecule has 1 rings (SSSR count). The van der Waals surface area contributed by atoms with Crippen molar-refractivity contribution in [2.45, 2.75) is 33.3 Å². The summed E-state index contributed by atoms with van der Waals surface area (Å²) in [6.07, 6.45) is 2.41. The summed E-state index contributed by atoms with van der Waals surface area (Å²) >= 11 is 3.41. The molecule has 0 aliphatic rings. The van der Waals surface area contributed by atoms with Crippen molar-refractivity contribution >= 4 is 15.9 Å². The van der Waals surface area contributed by atoms with Gasteiger partial charge in [0.1, 0.15) is 0 Å². The van der Waals surface area contributed by atoms with Gasteiger partial charge in [0.2, 0.25) is 0 Å². The highest BCUT2D eigenvalue weighted by atomic mass is 79.9. The fourth-order valence-corrected chi connectivity index (χ4v) is 1.63. The monoisotopic (exact) mass is 270 g/mol. The molecule has 2 heteroatoms. The van der Waals surface area contributed by atoms with Crippen LogP contribution < -0.4 is 0 Å². The van der Waals surface area contributed by atoms with Crippen LogP contribution in [0.25, 0.3) is 0 Å². The zero-order valence-electron chi connectivity index (χ0n) is 9.50. The first-order valence-electron chi connectivity index (χ1n) is 5.50. The molecule has 15 heavy (non-hydrogen) atoms. The molecule has 0 fully saturated rings. The van der Waals surface area contributed by atoms with Crippen molar-refractivity contribution in [2.75, 3.05) is 6.61 Å². The van der Waals surface area contributed by atoms with Gasteiger partial charge in [0.25, 0.3) is 0 Å². The highest BCUT2D eigenvalue weighted by Gasteiger charge is 1.95. The SMILES string of the molecule is CC(C)CCCOCc1ccc(Br)cc1. The van der Waals surface area contributed by atoms with Crippen LogP contribution in [0.15, 0.2) is 28.7 Å². The first kappa shape index (κ1) is 12.7. The Morgan fingerprint density at radius 1 is 1.20 bits per heavy atom. The molecular weight excluding hydrogens is 252 g/mol. The molecule has 0 aromatic heterocycles. The predicted molar refractivity (Wildman–Crippen MR) is 67.9 cm³/mol. The van der Waals surface area contributed by atoms with E-state index in [1.807, 2.05) is 12.1 Å². The smallest absolute Gasteiger partial charge is 0.0716 e. The van der Waals surface area contributed by atoms with Gasteiger partial charge in [0, 0.05) is 11.1 Å². The third kappa shape index (κ3) is 5.95. The first-order valence-corrected chi connectivity index (χ1v) is 6.30. The Hall–Kier alpha value is -0.340. The van der Waals surface area contributed by atoms with Crippen LogP contribution in [0.2, 0.25) is 0 Å². The van der Waals surface area contributed by atoms with Gasteiger partial charge >= 0.3 is 0 Å². The summed E-state index contributed by atoms with van der Waals surface area (Å²) in [5.74, 6) is 0.779. The molecule has 1 aromatic rings. The van der Waals surface area contributed by atoms with Crippen LogP contribution in [0.5, 0.6) is 0 Å². The van der Waals surface area contributed by atoms with Crippen molar-refractivity contribution in [2.24, 2.45) is 5.92 Å². The van der Waals surface area contributed by atoms with Crippen molar-refractivity contribution in [3.63, 3.8) is 0 Å². The highest BCUT2D eigenvalue weighted by molar-refractivity contribution is 9.10. The van der Waals surface area contributed by atoms with E-state index in [1.54, 1.807) is 0 Å². The molecule has 0 aliphatic carbocycles. The molecule has 0 saturated carbocycles. The van der Waals surface area contributed by atoms with Crippen LogP contribution in [0, 0.1) is 5.92 Å². The number of hydrogen-bond acceptors (Lipinski definition) is 1. The molecule has 0 atom stereocenters. The molecule has 0 aliphatic heterocycles. The van der Waals surface area contributed by atoms with Gasteiger partial charge in [-0.2, -0.15) is 0 Å². The Labute approximate surface area is 101 Å². The summed E-state index contributed by atoms with van der Waals surface area (Å²) in [7, 11) is 0. The molecule has 1 aromatic carbocycles. The maximum Gasteiger partial charge on any atom is 0.0716 e. The second-order valence-electron chi connectivity index (χ2n) is 4.22. The van der Waals surface area contributed by atoms with Crippen LogP contribution in [-0.2, 0) is 11.3 Å². The lowest BCUT2D eigenvalue weighted by Crippen LogP contribution is -1.97. The second-order valence-corrected chi connectivity index (χ2v) is 5.13. The molecule has 1 nitrogen and oxygen atoms in total. The summed E-state index contributed by atoms with van der Waals surface area (Å²) in [5.41, 5.74) is 1.24. The van der Waals surface area contributed by atoms with E-state index in [0.717, 1.165) is 30.0 Å². The molecule has 0 heterocycles. The van der Waals surface area contributed by atoms with E-state index in [9.17, 15) is 0 Å².